The van der Waals surface area contributed by atoms with E-state index >= 15 is 0 Å². The Bertz CT molecular complexity index is 472. The molecular formula is C8H11N6O+. The number of anilines is 1. The molecule has 7 heteroatoms. The van der Waals surface area contributed by atoms with E-state index in [1.54, 1.807) is 17.1 Å². The van der Waals surface area contributed by atoms with Crippen molar-refractivity contribution >= 4 is 12.0 Å². The number of nitrogens with zero attached hydrogens (tertiary/aromatic N) is 5. The van der Waals surface area contributed by atoms with Gasteiger partial charge in [-0.15, -0.1) is 0 Å². The summed E-state index contributed by atoms with van der Waals surface area (Å²) in [6, 6.07) is 0. The predicted octanol–water partition coefficient (Wildman–Crippen LogP) is -0.538. The van der Waals surface area contributed by atoms with Gasteiger partial charge in [-0.1, -0.05) is 0 Å². The molecule has 0 bridgehead atoms. The lowest BCUT2D eigenvalue weighted by molar-refractivity contribution is -0.752. The predicted molar refractivity (Wildman–Crippen MR) is 52.9 cm³/mol. The number of nitrogen functional groups attached to an aromatic ring is 1. The summed E-state index contributed by atoms with van der Waals surface area (Å²) in [6.07, 6.45) is 4.53. The highest BCUT2D eigenvalue weighted by molar-refractivity contribution is 5.65. The Labute approximate surface area is 85.8 Å². The fourth-order valence-electron chi connectivity index (χ4n) is 1.21. The first-order valence-corrected chi connectivity index (χ1v) is 4.35. The van der Waals surface area contributed by atoms with Crippen LogP contribution >= 0.6 is 0 Å². The number of rotatable bonds is 2. The smallest absolute Gasteiger partial charge is 0.211 e. The Balaban J connectivity index is 2.40. The van der Waals surface area contributed by atoms with E-state index in [1.165, 1.54) is 13.4 Å². The van der Waals surface area contributed by atoms with Crippen molar-refractivity contribution < 1.29 is 9.95 Å². The lowest BCUT2D eigenvalue weighted by atomic mass is 10.4. The van der Waals surface area contributed by atoms with Crippen LogP contribution in [0.2, 0.25) is 0 Å². The summed E-state index contributed by atoms with van der Waals surface area (Å²) >= 11 is 0. The van der Waals surface area contributed by atoms with E-state index in [1.807, 2.05) is 0 Å². The molecule has 0 aromatic heterocycles. The van der Waals surface area contributed by atoms with Gasteiger partial charge in [0.15, 0.2) is 12.9 Å². The van der Waals surface area contributed by atoms with Gasteiger partial charge in [0.2, 0.25) is 6.21 Å². The van der Waals surface area contributed by atoms with Crippen LogP contribution in [0.5, 0.6) is 0 Å². The molecule has 0 aromatic carbocycles. The maximum atomic E-state index is 8.95. The van der Waals surface area contributed by atoms with E-state index in [9.17, 15) is 0 Å². The van der Waals surface area contributed by atoms with Crippen molar-refractivity contribution in [2.75, 3.05) is 12.8 Å². The number of hydrogen-bond donors (Lipinski definition) is 2. The van der Waals surface area contributed by atoms with Crippen LogP contribution in [0.4, 0.5) is 5.82 Å². The molecule has 2 aliphatic rings. The van der Waals surface area contributed by atoms with Gasteiger partial charge in [0.05, 0.1) is 6.33 Å². The van der Waals surface area contributed by atoms with Gasteiger partial charge in [0.1, 0.15) is 24.4 Å². The standard InChI is InChI=1S/C8H11N6O/c1-13(15)2-3-14-5-12-8-6(7(14)9)10-4-11-8/h2,4-5,15H,3,9H2,1H3/q+1. The second-order valence-corrected chi connectivity index (χ2v) is 3.08. The molecule has 7 nitrogen and oxygen atoms in total. The van der Waals surface area contributed by atoms with Crippen molar-refractivity contribution in [3.63, 3.8) is 0 Å². The molecule has 0 saturated heterocycles. The van der Waals surface area contributed by atoms with Gasteiger partial charge in [0, 0.05) is 0 Å². The van der Waals surface area contributed by atoms with Crippen LogP contribution in [0.15, 0.2) is 12.7 Å². The lowest BCUT2D eigenvalue weighted by Gasteiger charge is -2.07. The highest BCUT2D eigenvalue weighted by Gasteiger charge is 2.13. The summed E-state index contributed by atoms with van der Waals surface area (Å²) in [5, 5.41) is 8.95. The van der Waals surface area contributed by atoms with Gasteiger partial charge >= 0.3 is 0 Å². The van der Waals surface area contributed by atoms with Gasteiger partial charge in [-0.05, 0) is 4.74 Å². The van der Waals surface area contributed by atoms with Crippen LogP contribution in [0.25, 0.3) is 11.5 Å². The molecule has 0 unspecified atom stereocenters. The zero-order chi connectivity index (χ0) is 10.8. The Morgan fingerprint density at radius 3 is 3.07 bits per heavy atom. The summed E-state index contributed by atoms with van der Waals surface area (Å²) in [6.45, 7) is 0.425. The topological polar surface area (TPSA) is 92.9 Å². The van der Waals surface area contributed by atoms with E-state index in [2.05, 4.69) is 15.0 Å². The van der Waals surface area contributed by atoms with E-state index in [0.29, 0.717) is 23.9 Å². The zero-order valence-corrected chi connectivity index (χ0v) is 8.20. The molecular weight excluding hydrogens is 196 g/mol. The second kappa shape index (κ2) is 3.52. The van der Waals surface area contributed by atoms with Crippen LogP contribution in [0, 0.1) is 0 Å². The number of imidazole rings is 1. The van der Waals surface area contributed by atoms with Crippen molar-refractivity contribution in [1.29, 1.82) is 0 Å². The fourth-order valence-corrected chi connectivity index (χ4v) is 1.21. The molecule has 3 N–H and O–H groups in total. The summed E-state index contributed by atoms with van der Waals surface area (Å²) < 4.78 is 2.64. The van der Waals surface area contributed by atoms with E-state index in [-0.39, 0.29) is 0 Å². The fraction of sp³-hybridized carbons (Fsp3) is 0.250. The normalized spacial score (nSPS) is 12.2. The Hall–Kier alpha value is -2.18. The largest absolute Gasteiger partial charge is 0.383 e. The van der Waals surface area contributed by atoms with E-state index in [0.717, 1.165) is 4.74 Å². The molecule has 78 valence electrons. The third kappa shape index (κ3) is 1.71. The first-order valence-electron chi connectivity index (χ1n) is 4.35. The highest BCUT2D eigenvalue weighted by atomic mass is 16.5. The summed E-state index contributed by atoms with van der Waals surface area (Å²) in [4.78, 5) is 12.0. The molecule has 0 atom stereocenters. The molecule has 0 aliphatic carbocycles. The van der Waals surface area contributed by atoms with Gasteiger partial charge in [-0.3, -0.25) is 5.21 Å². The van der Waals surface area contributed by atoms with Crippen molar-refractivity contribution in [1.82, 2.24) is 19.5 Å². The summed E-state index contributed by atoms with van der Waals surface area (Å²) in [5.74, 6) is 1.01. The number of hydroxylamine groups is 1. The molecule has 0 spiro atoms. The van der Waals surface area contributed by atoms with Crippen LogP contribution in [-0.4, -0.2) is 42.7 Å². The molecule has 0 radical (unpaired) electrons. The maximum absolute atomic E-state index is 8.95. The first-order chi connectivity index (χ1) is 7.18. The first kappa shape index (κ1) is 9.38. The van der Waals surface area contributed by atoms with E-state index in [4.69, 9.17) is 10.9 Å². The number of hydrogen-bond acceptors (Lipinski definition) is 5. The van der Waals surface area contributed by atoms with Crippen LogP contribution < -0.4 is 5.73 Å². The van der Waals surface area contributed by atoms with Gasteiger partial charge in [-0.2, -0.15) is 0 Å². The third-order valence-electron chi connectivity index (χ3n) is 1.99. The van der Waals surface area contributed by atoms with Crippen LogP contribution in [0.1, 0.15) is 0 Å². The van der Waals surface area contributed by atoms with Crippen LogP contribution in [0.3, 0.4) is 0 Å². The Morgan fingerprint density at radius 2 is 2.33 bits per heavy atom. The molecule has 0 saturated carbocycles. The zero-order valence-electron chi connectivity index (χ0n) is 8.20. The Morgan fingerprint density at radius 1 is 1.53 bits per heavy atom. The lowest BCUT2D eigenvalue weighted by Crippen LogP contribution is -2.13. The minimum Gasteiger partial charge on any atom is -0.383 e. The van der Waals surface area contributed by atoms with Gasteiger partial charge in [-0.25, -0.2) is 15.0 Å². The summed E-state index contributed by atoms with van der Waals surface area (Å²) in [5.41, 5.74) is 6.43. The van der Waals surface area contributed by atoms with Crippen LogP contribution in [-0.2, 0) is 6.54 Å². The highest BCUT2D eigenvalue weighted by Crippen LogP contribution is 2.20. The van der Waals surface area contributed by atoms with Gasteiger partial charge < -0.3 is 10.3 Å². The van der Waals surface area contributed by atoms with Crippen molar-refractivity contribution in [2.45, 2.75) is 6.54 Å². The summed E-state index contributed by atoms with van der Waals surface area (Å²) in [7, 11) is 1.52. The molecule has 2 aliphatic heterocycles. The number of aromatic nitrogens is 4. The Kier molecular flexibility index (Phi) is 2.20. The number of nitrogens with two attached hydrogens (primary N) is 1. The molecule has 0 aromatic rings. The third-order valence-corrected chi connectivity index (χ3v) is 1.99. The molecule has 0 amide bonds. The molecule has 0 fully saturated rings. The minimum atomic E-state index is 0.425. The minimum absolute atomic E-state index is 0.425. The van der Waals surface area contributed by atoms with Gasteiger partial charge in [0.25, 0.3) is 0 Å². The maximum Gasteiger partial charge on any atom is 0.211 e. The molecule has 15 heavy (non-hydrogen) atoms. The second-order valence-electron chi connectivity index (χ2n) is 3.08. The van der Waals surface area contributed by atoms with Crippen molar-refractivity contribution in [3.8, 4) is 11.5 Å². The average molecular weight is 207 g/mol. The average Bonchev–Trinajstić information content (AvgIpc) is 2.65. The molecule has 2 rings (SSSR count). The van der Waals surface area contributed by atoms with Crippen molar-refractivity contribution in [3.05, 3.63) is 12.7 Å². The number of fused-ring (bicyclic) bond motifs is 1. The quantitative estimate of drug-likeness (QED) is 0.298. The van der Waals surface area contributed by atoms with Crippen molar-refractivity contribution in [2.24, 2.45) is 0 Å². The monoisotopic (exact) mass is 207 g/mol. The molecule has 2 heterocycles. The SMILES string of the molecule is C[N+](O)=CCn1cnc2ncnc-2c1N. The van der Waals surface area contributed by atoms with E-state index < -0.39 is 0 Å².